The van der Waals surface area contributed by atoms with Crippen molar-refractivity contribution in [2.24, 2.45) is 10.7 Å². The number of nitrogens with two attached hydrogens (primary N) is 1. The maximum Gasteiger partial charge on any atom is 0.573 e. The van der Waals surface area contributed by atoms with Gasteiger partial charge in [0, 0.05) is 24.3 Å². The van der Waals surface area contributed by atoms with E-state index < -0.39 is 6.36 Å². The second-order valence-electron chi connectivity index (χ2n) is 6.31. The van der Waals surface area contributed by atoms with Crippen LogP contribution in [0.1, 0.15) is 13.8 Å². The van der Waals surface area contributed by atoms with Gasteiger partial charge in [0.05, 0.1) is 19.8 Å². The van der Waals surface area contributed by atoms with Crippen molar-refractivity contribution < 1.29 is 22.6 Å². The average molecular weight is 488 g/mol. The number of nitrogens with one attached hydrogen (secondary N) is 1. The van der Waals surface area contributed by atoms with Crippen LogP contribution in [0, 0.1) is 0 Å². The summed E-state index contributed by atoms with van der Waals surface area (Å²) < 4.78 is 45.5. The molecule has 1 fully saturated rings. The fraction of sp³-hybridized carbons (Fsp3) is 0.562. The molecule has 0 saturated carbocycles. The maximum absolute atomic E-state index is 12.1. The Hall–Kier alpha value is -1.27. The first-order valence-corrected chi connectivity index (χ1v) is 7.91. The van der Waals surface area contributed by atoms with Crippen LogP contribution in [-0.2, 0) is 4.74 Å². The van der Waals surface area contributed by atoms with Gasteiger partial charge in [-0.15, -0.1) is 37.1 Å². The van der Waals surface area contributed by atoms with Crippen molar-refractivity contribution in [3.8, 4) is 5.75 Å². The third kappa shape index (κ3) is 7.54. The Bertz CT molecular complexity index is 588. The van der Waals surface area contributed by atoms with Gasteiger partial charge in [0.25, 0.3) is 0 Å². The average Bonchev–Trinajstić information content (AvgIpc) is 2.54. The molecule has 0 amide bonds. The van der Waals surface area contributed by atoms with Crippen LogP contribution in [0.2, 0.25) is 0 Å². The lowest BCUT2D eigenvalue weighted by Gasteiger charge is -2.39. The van der Waals surface area contributed by atoms with E-state index in [4.69, 9.17) is 10.5 Å². The van der Waals surface area contributed by atoms with Crippen molar-refractivity contribution in [3.05, 3.63) is 24.3 Å². The van der Waals surface area contributed by atoms with E-state index in [-0.39, 0.29) is 41.2 Å². The van der Waals surface area contributed by atoms with E-state index in [1.54, 1.807) is 0 Å². The third-order valence-corrected chi connectivity index (χ3v) is 3.86. The molecule has 0 aromatic heterocycles. The summed E-state index contributed by atoms with van der Waals surface area (Å²) in [6.45, 7) is 7.74. The molecule has 0 unspecified atom stereocenters. The number of alkyl halides is 3. The molecule has 1 saturated heterocycles. The second-order valence-corrected chi connectivity index (χ2v) is 6.31. The quantitative estimate of drug-likeness (QED) is 0.379. The van der Waals surface area contributed by atoms with Crippen molar-refractivity contribution in [2.75, 3.05) is 38.2 Å². The van der Waals surface area contributed by atoms with Crippen molar-refractivity contribution in [2.45, 2.75) is 25.7 Å². The molecule has 10 heteroatoms. The molecule has 148 valence electrons. The first-order chi connectivity index (χ1) is 11.7. The van der Waals surface area contributed by atoms with Crippen LogP contribution in [0.5, 0.6) is 5.75 Å². The first-order valence-electron chi connectivity index (χ1n) is 7.91. The number of hydrogen-bond donors (Lipinski definition) is 2. The van der Waals surface area contributed by atoms with E-state index in [9.17, 15) is 13.2 Å². The van der Waals surface area contributed by atoms with Gasteiger partial charge in [0.15, 0.2) is 5.96 Å². The van der Waals surface area contributed by atoms with Gasteiger partial charge in [-0.1, -0.05) is 0 Å². The Balaban J connectivity index is 0.00000338. The number of benzene rings is 1. The Morgan fingerprint density at radius 1 is 1.23 bits per heavy atom. The SMILES string of the molecule is CC(C)(CN=C(N)Nc1ccc(OC(F)(F)F)cc1)N1CCOCC1.I. The van der Waals surface area contributed by atoms with Crippen LogP contribution < -0.4 is 15.8 Å². The molecule has 6 nitrogen and oxygen atoms in total. The summed E-state index contributed by atoms with van der Waals surface area (Å²) >= 11 is 0. The topological polar surface area (TPSA) is 72.1 Å². The largest absolute Gasteiger partial charge is 0.573 e. The minimum Gasteiger partial charge on any atom is -0.406 e. The zero-order valence-electron chi connectivity index (χ0n) is 14.7. The van der Waals surface area contributed by atoms with Crippen LogP contribution in [0.3, 0.4) is 0 Å². The molecule has 1 heterocycles. The van der Waals surface area contributed by atoms with E-state index in [0.29, 0.717) is 25.4 Å². The number of halogens is 4. The number of morpholine rings is 1. The fourth-order valence-corrected chi connectivity index (χ4v) is 2.47. The minimum atomic E-state index is -4.71. The minimum absolute atomic E-state index is 0. The number of anilines is 1. The predicted molar refractivity (Wildman–Crippen MR) is 105 cm³/mol. The van der Waals surface area contributed by atoms with Crippen LogP contribution in [0.4, 0.5) is 18.9 Å². The van der Waals surface area contributed by atoms with E-state index in [0.717, 1.165) is 13.1 Å². The van der Waals surface area contributed by atoms with E-state index >= 15 is 0 Å². The summed E-state index contributed by atoms with van der Waals surface area (Å²) in [6, 6.07) is 5.30. The fourth-order valence-electron chi connectivity index (χ4n) is 2.47. The first kappa shape index (κ1) is 22.8. The number of guanidine groups is 1. The molecule has 1 aliphatic heterocycles. The number of rotatable bonds is 5. The Kier molecular flexibility index (Phi) is 8.41. The summed E-state index contributed by atoms with van der Waals surface area (Å²) in [5.74, 6) is -0.0900. The van der Waals surface area contributed by atoms with Gasteiger partial charge in [-0.3, -0.25) is 9.89 Å². The number of nitrogens with zero attached hydrogens (tertiary/aromatic N) is 2. The molecular formula is C16H24F3IN4O2. The lowest BCUT2D eigenvalue weighted by Crippen LogP contribution is -2.51. The van der Waals surface area contributed by atoms with Crippen LogP contribution in [0.15, 0.2) is 29.3 Å². The highest BCUT2D eigenvalue weighted by atomic mass is 127. The molecule has 1 aromatic carbocycles. The van der Waals surface area contributed by atoms with Crippen LogP contribution in [0.25, 0.3) is 0 Å². The van der Waals surface area contributed by atoms with Crippen LogP contribution >= 0.6 is 24.0 Å². The van der Waals surface area contributed by atoms with Gasteiger partial charge in [0.2, 0.25) is 0 Å². The van der Waals surface area contributed by atoms with E-state index in [1.165, 1.54) is 24.3 Å². The molecule has 26 heavy (non-hydrogen) atoms. The van der Waals surface area contributed by atoms with Gasteiger partial charge >= 0.3 is 6.36 Å². The second kappa shape index (κ2) is 9.60. The highest BCUT2D eigenvalue weighted by Crippen LogP contribution is 2.24. The summed E-state index contributed by atoms with van der Waals surface area (Å²) in [4.78, 5) is 6.63. The highest BCUT2D eigenvalue weighted by Gasteiger charge is 2.31. The van der Waals surface area contributed by atoms with Crippen molar-refractivity contribution >= 4 is 35.6 Å². The summed E-state index contributed by atoms with van der Waals surface area (Å²) in [5, 5.41) is 2.86. The summed E-state index contributed by atoms with van der Waals surface area (Å²) in [6.07, 6.45) is -4.71. The summed E-state index contributed by atoms with van der Waals surface area (Å²) in [5.41, 5.74) is 6.23. The van der Waals surface area contributed by atoms with E-state index in [1.807, 2.05) is 0 Å². The lowest BCUT2D eigenvalue weighted by atomic mass is 10.0. The maximum atomic E-state index is 12.1. The molecular weight excluding hydrogens is 464 g/mol. The van der Waals surface area contributed by atoms with Crippen LogP contribution in [-0.4, -0.2) is 55.6 Å². The van der Waals surface area contributed by atoms with Gasteiger partial charge in [-0.2, -0.15) is 0 Å². The molecule has 1 aromatic rings. The third-order valence-electron chi connectivity index (χ3n) is 3.86. The molecule has 3 N–H and O–H groups in total. The number of ether oxygens (including phenoxy) is 2. The Labute approximate surface area is 167 Å². The van der Waals surface area contributed by atoms with Crippen molar-refractivity contribution in [1.82, 2.24) is 4.90 Å². The van der Waals surface area contributed by atoms with E-state index in [2.05, 4.69) is 33.8 Å². The Morgan fingerprint density at radius 2 is 1.81 bits per heavy atom. The van der Waals surface area contributed by atoms with Crippen molar-refractivity contribution in [1.29, 1.82) is 0 Å². The van der Waals surface area contributed by atoms with Crippen molar-refractivity contribution in [3.63, 3.8) is 0 Å². The molecule has 0 aliphatic carbocycles. The van der Waals surface area contributed by atoms with Gasteiger partial charge in [-0.05, 0) is 38.1 Å². The summed E-state index contributed by atoms with van der Waals surface area (Å²) in [7, 11) is 0. The normalized spacial score (nSPS) is 16.7. The molecule has 2 rings (SSSR count). The Morgan fingerprint density at radius 3 is 2.35 bits per heavy atom. The monoisotopic (exact) mass is 488 g/mol. The number of aliphatic imine (C=N–C) groups is 1. The van der Waals surface area contributed by atoms with Gasteiger partial charge in [0.1, 0.15) is 5.75 Å². The zero-order chi connectivity index (χ0) is 18.5. The van der Waals surface area contributed by atoms with Gasteiger partial charge in [-0.25, -0.2) is 0 Å². The predicted octanol–water partition coefficient (Wildman–Crippen LogP) is 3.04. The lowest BCUT2D eigenvalue weighted by molar-refractivity contribution is -0.274. The standard InChI is InChI=1S/C16H23F3N4O2.HI/c1-15(2,23-7-9-24-10-8-23)11-21-14(20)22-12-3-5-13(6-4-12)25-16(17,18)19;/h3-6H,7-11H2,1-2H3,(H3,20,21,22);1H. The smallest absolute Gasteiger partial charge is 0.406 e. The molecule has 1 aliphatic rings. The molecule has 0 radical (unpaired) electrons. The van der Waals surface area contributed by atoms with Gasteiger partial charge < -0.3 is 20.5 Å². The highest BCUT2D eigenvalue weighted by molar-refractivity contribution is 14.0. The molecule has 0 bridgehead atoms. The zero-order valence-corrected chi connectivity index (χ0v) is 17.0. The number of hydrogen-bond acceptors (Lipinski definition) is 4. The molecule has 0 atom stereocenters. The molecule has 0 spiro atoms.